The topological polar surface area (TPSA) is 75.3 Å². The van der Waals surface area contributed by atoms with Crippen LogP contribution in [0.5, 0.6) is 0 Å². The van der Waals surface area contributed by atoms with E-state index in [1.807, 2.05) is 0 Å². The molecular weight excluding hydrogens is 194 g/mol. The summed E-state index contributed by atoms with van der Waals surface area (Å²) in [7, 11) is 0. The lowest BCUT2D eigenvalue weighted by molar-refractivity contribution is -0.129. The predicted octanol–water partition coefficient (Wildman–Crippen LogP) is -0.0119. The molecule has 4 N–H and O–H groups in total. The van der Waals surface area contributed by atoms with Crippen molar-refractivity contribution in [3.8, 4) is 0 Å². The van der Waals surface area contributed by atoms with E-state index in [-0.39, 0.29) is 5.56 Å². The van der Waals surface area contributed by atoms with Gasteiger partial charge in [0.25, 0.3) is 5.91 Å². The molecule has 0 spiro atoms. The number of carbonyl (C=O) groups excluding carboxylic acids is 1. The van der Waals surface area contributed by atoms with Crippen molar-refractivity contribution in [3.05, 3.63) is 35.4 Å². The highest BCUT2D eigenvalue weighted by molar-refractivity contribution is 5.81. The zero-order valence-electron chi connectivity index (χ0n) is 7.00. The molecule has 14 heavy (non-hydrogen) atoms. The van der Waals surface area contributed by atoms with Gasteiger partial charge in [-0.3, -0.25) is 10.2 Å². The summed E-state index contributed by atoms with van der Waals surface area (Å²) in [4.78, 5) is 10.8. The third kappa shape index (κ3) is 2.24. The van der Waals surface area contributed by atoms with E-state index < -0.39 is 23.6 Å². The predicted molar refractivity (Wildman–Crippen MR) is 43.6 cm³/mol. The first-order valence-electron chi connectivity index (χ1n) is 3.69. The number of carbonyl (C=O) groups is 1. The van der Waals surface area contributed by atoms with E-state index in [9.17, 15) is 18.7 Å². The molecule has 0 saturated heterocycles. The van der Waals surface area contributed by atoms with Gasteiger partial charge < -0.3 is 5.11 Å². The van der Waals surface area contributed by atoms with Crippen LogP contribution in [-0.4, -0.2) is 11.0 Å². The Morgan fingerprint density at radius 3 is 2.29 bits per heavy atom. The van der Waals surface area contributed by atoms with Crippen LogP contribution >= 0.6 is 0 Å². The van der Waals surface area contributed by atoms with Gasteiger partial charge in [-0.25, -0.2) is 14.6 Å². The molecule has 0 saturated carbocycles. The molecule has 0 aliphatic rings. The van der Waals surface area contributed by atoms with E-state index in [4.69, 9.17) is 5.84 Å². The van der Waals surface area contributed by atoms with Gasteiger partial charge in [0, 0.05) is 6.07 Å². The zero-order chi connectivity index (χ0) is 10.7. The number of aliphatic hydroxyl groups is 1. The molecule has 0 heterocycles. The molecule has 0 fully saturated rings. The molecule has 1 unspecified atom stereocenters. The van der Waals surface area contributed by atoms with Crippen molar-refractivity contribution >= 4 is 5.91 Å². The summed E-state index contributed by atoms with van der Waals surface area (Å²) < 4.78 is 25.3. The maximum atomic E-state index is 12.6. The van der Waals surface area contributed by atoms with Crippen LogP contribution in [0.1, 0.15) is 11.7 Å². The molecule has 1 atom stereocenters. The molecule has 4 nitrogen and oxygen atoms in total. The molecule has 0 aliphatic carbocycles. The van der Waals surface area contributed by atoms with E-state index in [1.165, 1.54) is 0 Å². The van der Waals surface area contributed by atoms with Crippen molar-refractivity contribution in [3.63, 3.8) is 0 Å². The molecular formula is C8H8F2N2O2. The van der Waals surface area contributed by atoms with Crippen LogP contribution in [-0.2, 0) is 4.79 Å². The first-order valence-corrected chi connectivity index (χ1v) is 3.69. The van der Waals surface area contributed by atoms with Crippen molar-refractivity contribution in [1.82, 2.24) is 5.43 Å². The summed E-state index contributed by atoms with van der Waals surface area (Å²) in [6.45, 7) is 0. The lowest BCUT2D eigenvalue weighted by Gasteiger charge is -2.08. The van der Waals surface area contributed by atoms with Crippen molar-refractivity contribution < 1.29 is 18.7 Å². The number of hydrazine groups is 1. The van der Waals surface area contributed by atoms with E-state index >= 15 is 0 Å². The van der Waals surface area contributed by atoms with Gasteiger partial charge >= 0.3 is 0 Å². The number of nitrogens with two attached hydrogens (primary N) is 1. The molecule has 76 valence electrons. The average Bonchev–Trinajstić information content (AvgIpc) is 2.14. The van der Waals surface area contributed by atoms with Crippen LogP contribution in [0.25, 0.3) is 0 Å². The van der Waals surface area contributed by atoms with E-state index in [0.717, 1.165) is 12.1 Å². The van der Waals surface area contributed by atoms with Gasteiger partial charge in [-0.2, -0.15) is 0 Å². The van der Waals surface area contributed by atoms with Crippen LogP contribution in [0.2, 0.25) is 0 Å². The van der Waals surface area contributed by atoms with Crippen LogP contribution in [0.3, 0.4) is 0 Å². The Kier molecular flexibility index (Phi) is 3.10. The minimum absolute atomic E-state index is 0.189. The quantitative estimate of drug-likeness (QED) is 0.358. The Hall–Kier alpha value is -1.53. The fourth-order valence-electron chi connectivity index (χ4n) is 0.963. The second-order valence-electron chi connectivity index (χ2n) is 2.61. The molecule has 0 radical (unpaired) electrons. The van der Waals surface area contributed by atoms with Crippen molar-refractivity contribution in [1.29, 1.82) is 0 Å². The Labute approximate surface area is 78.3 Å². The highest BCUT2D eigenvalue weighted by atomic mass is 19.1. The number of hydrogen-bond acceptors (Lipinski definition) is 3. The van der Waals surface area contributed by atoms with Gasteiger partial charge in [-0.05, 0) is 17.7 Å². The van der Waals surface area contributed by atoms with Crippen LogP contribution in [0, 0.1) is 11.6 Å². The largest absolute Gasteiger partial charge is 0.378 e. The first-order chi connectivity index (χ1) is 6.54. The summed E-state index contributed by atoms with van der Waals surface area (Å²) in [6, 6.07) is 2.34. The average molecular weight is 202 g/mol. The fraction of sp³-hybridized carbons (Fsp3) is 0.125. The second kappa shape index (κ2) is 4.12. The van der Waals surface area contributed by atoms with Gasteiger partial charge in [0.15, 0.2) is 6.10 Å². The van der Waals surface area contributed by atoms with Gasteiger partial charge in [0.05, 0.1) is 0 Å². The van der Waals surface area contributed by atoms with Crippen molar-refractivity contribution in [2.75, 3.05) is 0 Å². The molecule has 6 heteroatoms. The molecule has 1 rings (SSSR count). The van der Waals surface area contributed by atoms with E-state index in [0.29, 0.717) is 6.07 Å². The maximum Gasteiger partial charge on any atom is 0.267 e. The van der Waals surface area contributed by atoms with Crippen molar-refractivity contribution in [2.24, 2.45) is 5.84 Å². The highest BCUT2D eigenvalue weighted by Crippen LogP contribution is 2.15. The molecule has 0 bridgehead atoms. The van der Waals surface area contributed by atoms with Crippen LogP contribution in [0.4, 0.5) is 8.78 Å². The summed E-state index contributed by atoms with van der Waals surface area (Å²) in [5.41, 5.74) is 1.48. The SMILES string of the molecule is NNC(=O)C(O)c1cc(F)cc(F)c1. The standard InChI is InChI=1S/C8H8F2N2O2/c9-5-1-4(2-6(10)3-5)7(13)8(14)12-11/h1-3,7,13H,11H2,(H,12,14). The number of hydrogen-bond donors (Lipinski definition) is 3. The zero-order valence-corrected chi connectivity index (χ0v) is 7.00. The van der Waals surface area contributed by atoms with Crippen LogP contribution in [0.15, 0.2) is 18.2 Å². The molecule has 1 aromatic carbocycles. The Bertz CT molecular complexity index is 337. The summed E-state index contributed by atoms with van der Waals surface area (Å²) in [5, 5.41) is 9.21. The lowest BCUT2D eigenvalue weighted by Crippen LogP contribution is -2.34. The normalized spacial score (nSPS) is 12.3. The second-order valence-corrected chi connectivity index (χ2v) is 2.61. The molecule has 1 aromatic rings. The number of amides is 1. The Balaban J connectivity index is 3.00. The summed E-state index contributed by atoms with van der Waals surface area (Å²) >= 11 is 0. The lowest BCUT2D eigenvalue weighted by atomic mass is 10.1. The minimum atomic E-state index is -1.68. The summed E-state index contributed by atoms with van der Waals surface area (Å²) in [6.07, 6.45) is -1.68. The van der Waals surface area contributed by atoms with Gasteiger partial charge in [-0.1, -0.05) is 0 Å². The third-order valence-corrected chi connectivity index (χ3v) is 1.59. The number of benzene rings is 1. The Morgan fingerprint density at radius 2 is 1.86 bits per heavy atom. The van der Waals surface area contributed by atoms with Crippen LogP contribution < -0.4 is 11.3 Å². The summed E-state index contributed by atoms with van der Waals surface area (Å²) in [5.74, 6) is 2.06. The smallest absolute Gasteiger partial charge is 0.267 e. The molecule has 0 aliphatic heterocycles. The van der Waals surface area contributed by atoms with E-state index in [1.54, 1.807) is 5.43 Å². The number of halogens is 2. The maximum absolute atomic E-state index is 12.6. The van der Waals surface area contributed by atoms with Gasteiger partial charge in [0.1, 0.15) is 11.6 Å². The molecule has 1 amide bonds. The first kappa shape index (κ1) is 10.6. The Morgan fingerprint density at radius 1 is 1.36 bits per heavy atom. The number of rotatable bonds is 2. The minimum Gasteiger partial charge on any atom is -0.378 e. The third-order valence-electron chi connectivity index (χ3n) is 1.59. The van der Waals surface area contributed by atoms with Gasteiger partial charge in [0.2, 0.25) is 0 Å². The van der Waals surface area contributed by atoms with E-state index in [2.05, 4.69) is 0 Å². The monoisotopic (exact) mass is 202 g/mol. The molecule has 0 aromatic heterocycles. The number of aliphatic hydroxyl groups excluding tert-OH is 1. The highest BCUT2D eigenvalue weighted by Gasteiger charge is 2.17. The van der Waals surface area contributed by atoms with Crippen molar-refractivity contribution in [2.45, 2.75) is 6.10 Å². The van der Waals surface area contributed by atoms with Gasteiger partial charge in [-0.15, -0.1) is 0 Å². The fourth-order valence-corrected chi connectivity index (χ4v) is 0.963. The number of nitrogens with one attached hydrogen (secondary N) is 1.